The topological polar surface area (TPSA) is 105 Å². The van der Waals surface area contributed by atoms with Crippen LogP contribution in [0.5, 0.6) is 0 Å². The van der Waals surface area contributed by atoms with E-state index >= 15 is 0 Å². The number of ether oxygens (including phenoxy) is 1. The Bertz CT molecular complexity index is 1070. The minimum atomic E-state index is -1.00. The highest BCUT2D eigenvalue weighted by atomic mass is 16.6. The maximum absolute atomic E-state index is 12.9. The van der Waals surface area contributed by atoms with Gasteiger partial charge in [0.25, 0.3) is 0 Å². The lowest BCUT2D eigenvalue weighted by atomic mass is 9.93. The highest BCUT2D eigenvalue weighted by Gasteiger charge is 2.38. The second-order valence-electron chi connectivity index (χ2n) is 9.41. The summed E-state index contributed by atoms with van der Waals surface area (Å²) >= 11 is 0. The Labute approximate surface area is 186 Å². The molecule has 0 radical (unpaired) electrons. The first-order valence-corrected chi connectivity index (χ1v) is 10.7. The summed E-state index contributed by atoms with van der Waals surface area (Å²) in [7, 11) is 0. The molecule has 9 nitrogen and oxygen atoms in total. The summed E-state index contributed by atoms with van der Waals surface area (Å²) in [5.74, 6) is -1.32. The number of hydrogen-bond acceptors (Lipinski definition) is 5. The van der Waals surface area contributed by atoms with E-state index in [4.69, 9.17) is 4.74 Å². The molecule has 1 aromatic heterocycles. The number of benzene rings is 1. The van der Waals surface area contributed by atoms with Crippen LogP contribution in [0.25, 0.3) is 0 Å². The summed E-state index contributed by atoms with van der Waals surface area (Å²) in [5, 5.41) is 14.0. The Kier molecular flexibility index (Phi) is 5.44. The van der Waals surface area contributed by atoms with Crippen LogP contribution < -0.4 is 4.90 Å². The summed E-state index contributed by atoms with van der Waals surface area (Å²) in [6, 6.07) is 6.70. The summed E-state index contributed by atoms with van der Waals surface area (Å²) in [6.07, 6.45) is 1.48. The maximum atomic E-state index is 12.9. The molecular formula is C23H28N4O5. The van der Waals surface area contributed by atoms with Crippen molar-refractivity contribution in [3.63, 3.8) is 0 Å². The standard InChI is InChI=1S/C23H28N4O5/c1-14-11-27-19(13-25(14)22(31)32-23(2,3)4)18(10-24-27)26-12-15(9-20(26)28)16-7-5-6-8-17(16)21(29)30/h5-8,10,14-15H,9,11-13H2,1-4H3,(H,29,30)/t14-,15?/m0/s1. The van der Waals surface area contributed by atoms with Crippen molar-refractivity contribution in [2.75, 3.05) is 11.4 Å². The lowest BCUT2D eigenvalue weighted by molar-refractivity contribution is -0.117. The lowest BCUT2D eigenvalue weighted by Crippen LogP contribution is -2.47. The molecule has 32 heavy (non-hydrogen) atoms. The van der Waals surface area contributed by atoms with Crippen molar-refractivity contribution in [1.82, 2.24) is 14.7 Å². The van der Waals surface area contributed by atoms with Gasteiger partial charge in [-0.1, -0.05) is 18.2 Å². The van der Waals surface area contributed by atoms with E-state index in [0.717, 1.165) is 5.69 Å². The number of aromatic nitrogens is 2. The molecule has 0 aliphatic carbocycles. The Morgan fingerprint density at radius 1 is 1.19 bits per heavy atom. The van der Waals surface area contributed by atoms with Crippen LogP contribution in [-0.2, 0) is 22.6 Å². The molecule has 1 aromatic carbocycles. The van der Waals surface area contributed by atoms with E-state index < -0.39 is 17.7 Å². The molecule has 1 N–H and O–H groups in total. The second kappa shape index (κ2) is 7.96. The number of hydrogen-bond donors (Lipinski definition) is 1. The van der Waals surface area contributed by atoms with Crippen LogP contribution >= 0.6 is 0 Å². The molecule has 1 unspecified atom stereocenters. The van der Waals surface area contributed by atoms with Crippen LogP contribution in [0.4, 0.5) is 10.5 Å². The van der Waals surface area contributed by atoms with Gasteiger partial charge in [0.15, 0.2) is 0 Å². The number of carboxylic acid groups (broad SMARTS) is 1. The number of anilines is 1. The quantitative estimate of drug-likeness (QED) is 0.786. The summed E-state index contributed by atoms with van der Waals surface area (Å²) < 4.78 is 7.38. The van der Waals surface area contributed by atoms with E-state index in [1.807, 2.05) is 32.4 Å². The molecule has 3 heterocycles. The fraction of sp³-hybridized carbons (Fsp3) is 0.478. The van der Waals surface area contributed by atoms with Crippen molar-refractivity contribution in [3.8, 4) is 0 Å². The van der Waals surface area contributed by atoms with Gasteiger partial charge in [0, 0.05) is 18.9 Å². The van der Waals surface area contributed by atoms with Gasteiger partial charge in [-0.25, -0.2) is 9.59 Å². The highest BCUT2D eigenvalue weighted by Crippen LogP contribution is 2.36. The monoisotopic (exact) mass is 440 g/mol. The third kappa shape index (κ3) is 4.06. The van der Waals surface area contributed by atoms with E-state index in [1.165, 1.54) is 0 Å². The highest BCUT2D eigenvalue weighted by molar-refractivity contribution is 5.98. The van der Waals surface area contributed by atoms with Gasteiger partial charge in [0.05, 0.1) is 42.3 Å². The van der Waals surface area contributed by atoms with Crippen LogP contribution in [0.15, 0.2) is 30.5 Å². The average molecular weight is 441 g/mol. The summed E-state index contributed by atoms with van der Waals surface area (Å²) in [5.41, 5.74) is 1.70. The lowest BCUT2D eigenvalue weighted by Gasteiger charge is -2.36. The van der Waals surface area contributed by atoms with Crippen molar-refractivity contribution in [2.45, 2.75) is 64.8 Å². The van der Waals surface area contributed by atoms with Crippen LogP contribution in [0.3, 0.4) is 0 Å². The fourth-order valence-electron chi connectivity index (χ4n) is 4.37. The number of carboxylic acids is 1. The van der Waals surface area contributed by atoms with E-state index in [1.54, 1.807) is 40.3 Å². The molecular weight excluding hydrogens is 412 g/mol. The smallest absolute Gasteiger partial charge is 0.410 e. The molecule has 4 rings (SSSR count). The molecule has 2 aromatic rings. The normalized spacial score (nSPS) is 20.9. The maximum Gasteiger partial charge on any atom is 0.410 e. The van der Waals surface area contributed by atoms with E-state index in [2.05, 4.69) is 5.10 Å². The number of carbonyl (C=O) groups is 3. The van der Waals surface area contributed by atoms with Gasteiger partial charge in [-0.3, -0.25) is 14.4 Å². The Morgan fingerprint density at radius 3 is 2.59 bits per heavy atom. The molecule has 0 bridgehead atoms. The zero-order valence-corrected chi connectivity index (χ0v) is 18.7. The van der Waals surface area contributed by atoms with Gasteiger partial charge in [-0.2, -0.15) is 5.10 Å². The molecule has 2 aliphatic rings. The number of aromatic carboxylic acids is 1. The molecule has 2 aliphatic heterocycles. The number of fused-ring (bicyclic) bond motifs is 1. The molecule has 1 fully saturated rings. The Morgan fingerprint density at radius 2 is 1.91 bits per heavy atom. The van der Waals surface area contributed by atoms with Crippen LogP contribution in [0.2, 0.25) is 0 Å². The molecule has 2 atom stereocenters. The third-order valence-corrected chi connectivity index (χ3v) is 5.89. The predicted molar refractivity (Wildman–Crippen MR) is 117 cm³/mol. The zero-order valence-electron chi connectivity index (χ0n) is 18.7. The molecule has 9 heteroatoms. The Balaban J connectivity index is 1.59. The minimum absolute atomic E-state index is 0.0894. The number of amides is 2. The third-order valence-electron chi connectivity index (χ3n) is 5.89. The van der Waals surface area contributed by atoms with E-state index in [0.29, 0.717) is 24.3 Å². The minimum Gasteiger partial charge on any atom is -0.478 e. The largest absolute Gasteiger partial charge is 0.478 e. The molecule has 170 valence electrons. The second-order valence-corrected chi connectivity index (χ2v) is 9.41. The van der Waals surface area contributed by atoms with Crippen molar-refractivity contribution in [1.29, 1.82) is 0 Å². The molecule has 0 saturated carbocycles. The first-order valence-electron chi connectivity index (χ1n) is 10.7. The number of nitrogens with zero attached hydrogens (tertiary/aromatic N) is 4. The van der Waals surface area contributed by atoms with Gasteiger partial charge in [-0.05, 0) is 39.3 Å². The molecule has 0 spiro atoms. The van der Waals surface area contributed by atoms with Gasteiger partial charge in [-0.15, -0.1) is 0 Å². The zero-order chi connectivity index (χ0) is 23.2. The van der Waals surface area contributed by atoms with Crippen molar-refractivity contribution < 1.29 is 24.2 Å². The molecule has 2 amide bonds. The molecule has 1 saturated heterocycles. The van der Waals surface area contributed by atoms with Gasteiger partial charge in [0.1, 0.15) is 5.60 Å². The van der Waals surface area contributed by atoms with Gasteiger partial charge in [0.2, 0.25) is 5.91 Å². The Hall–Kier alpha value is -3.36. The predicted octanol–water partition coefficient (Wildman–Crippen LogP) is 3.24. The van der Waals surface area contributed by atoms with Crippen molar-refractivity contribution in [3.05, 3.63) is 47.3 Å². The van der Waals surface area contributed by atoms with Crippen LogP contribution in [0, 0.1) is 0 Å². The summed E-state index contributed by atoms with van der Waals surface area (Å²) in [6.45, 7) is 8.57. The average Bonchev–Trinajstić information content (AvgIpc) is 3.28. The first-order chi connectivity index (χ1) is 15.0. The van der Waals surface area contributed by atoms with Crippen molar-refractivity contribution in [2.24, 2.45) is 0 Å². The van der Waals surface area contributed by atoms with Gasteiger partial charge >= 0.3 is 12.1 Å². The summed E-state index contributed by atoms with van der Waals surface area (Å²) in [4.78, 5) is 40.6. The number of rotatable bonds is 3. The van der Waals surface area contributed by atoms with E-state index in [-0.39, 0.29) is 36.4 Å². The van der Waals surface area contributed by atoms with Crippen molar-refractivity contribution >= 4 is 23.7 Å². The fourth-order valence-corrected chi connectivity index (χ4v) is 4.37. The van der Waals surface area contributed by atoms with E-state index in [9.17, 15) is 19.5 Å². The number of carbonyl (C=O) groups excluding carboxylic acids is 2. The SMILES string of the molecule is C[C@H]1Cn2ncc(N3CC(c4ccccc4C(=O)O)CC3=O)c2CN1C(=O)OC(C)(C)C. The van der Waals surface area contributed by atoms with Crippen LogP contribution in [0.1, 0.15) is 61.6 Å². The first kappa shape index (κ1) is 21.9. The van der Waals surface area contributed by atoms with Crippen LogP contribution in [-0.4, -0.2) is 55.9 Å². The van der Waals surface area contributed by atoms with Gasteiger partial charge < -0.3 is 14.7 Å².